The fraction of sp³-hybridized carbons (Fsp3) is 0.222. The number of nitrogens with zero attached hydrogens (tertiary/aromatic N) is 1. The van der Waals surface area contributed by atoms with Crippen LogP contribution in [-0.2, 0) is 0 Å². The monoisotopic (exact) mass is 332 g/mol. The number of likely N-dealkylation sites (N-methyl/N-ethyl adjacent to an activating group) is 1. The minimum Gasteiger partial charge on any atom is -0.350 e. The van der Waals surface area contributed by atoms with Crippen LogP contribution in [0.1, 0.15) is 27.6 Å². The molecule has 0 aliphatic heterocycles. The van der Waals surface area contributed by atoms with Gasteiger partial charge in [-0.1, -0.05) is 12.1 Å². The van der Waals surface area contributed by atoms with Crippen molar-refractivity contribution in [2.24, 2.45) is 0 Å². The number of benzene rings is 2. The van der Waals surface area contributed by atoms with Gasteiger partial charge in [-0.05, 0) is 43.3 Å². The lowest BCUT2D eigenvalue weighted by Gasteiger charge is -2.25. The zero-order chi connectivity index (χ0) is 17.7. The first-order valence-corrected chi connectivity index (χ1v) is 7.45. The van der Waals surface area contributed by atoms with E-state index in [0.717, 1.165) is 12.1 Å². The van der Waals surface area contributed by atoms with Crippen LogP contribution in [0.2, 0.25) is 0 Å². The second-order valence-electron chi connectivity index (χ2n) is 5.50. The number of hydrogen-bond acceptors (Lipinski definition) is 2. The first-order valence-electron chi connectivity index (χ1n) is 7.45. The van der Waals surface area contributed by atoms with E-state index in [9.17, 15) is 18.4 Å². The molecule has 0 unspecified atom stereocenters. The highest BCUT2D eigenvalue weighted by Gasteiger charge is 2.18. The van der Waals surface area contributed by atoms with Crippen LogP contribution in [0.15, 0.2) is 48.5 Å². The first kappa shape index (κ1) is 17.6. The summed E-state index contributed by atoms with van der Waals surface area (Å²) in [6.07, 6.45) is 0. The molecule has 0 saturated carbocycles. The van der Waals surface area contributed by atoms with Crippen molar-refractivity contribution in [3.8, 4) is 0 Å². The van der Waals surface area contributed by atoms with E-state index in [2.05, 4.69) is 5.32 Å². The van der Waals surface area contributed by atoms with E-state index in [4.69, 9.17) is 0 Å². The summed E-state index contributed by atoms with van der Waals surface area (Å²) in [6.45, 7) is 1.94. The average Bonchev–Trinajstić information content (AvgIpc) is 2.58. The number of carbonyl (C=O) groups excluding carboxylic acids is 2. The van der Waals surface area contributed by atoms with Crippen molar-refractivity contribution < 1.29 is 18.4 Å². The Balaban J connectivity index is 1.95. The smallest absolute Gasteiger partial charge is 0.253 e. The van der Waals surface area contributed by atoms with Crippen molar-refractivity contribution in [3.63, 3.8) is 0 Å². The second kappa shape index (κ2) is 7.68. The van der Waals surface area contributed by atoms with Gasteiger partial charge in [-0.15, -0.1) is 0 Å². The van der Waals surface area contributed by atoms with Crippen LogP contribution in [0, 0.1) is 11.6 Å². The molecular formula is C18H18F2N2O2. The lowest BCUT2D eigenvalue weighted by Crippen LogP contribution is -2.43. The molecule has 2 rings (SSSR count). The SMILES string of the molecule is C[C@H](CNC(=O)c1cccc(F)c1)N(C)C(=O)c1cccc(F)c1. The topological polar surface area (TPSA) is 49.4 Å². The Morgan fingerprint density at radius 1 is 1.04 bits per heavy atom. The van der Waals surface area contributed by atoms with Gasteiger partial charge in [-0.25, -0.2) is 8.78 Å². The molecule has 0 bridgehead atoms. The molecular weight excluding hydrogens is 314 g/mol. The Morgan fingerprint density at radius 2 is 1.58 bits per heavy atom. The largest absolute Gasteiger partial charge is 0.350 e. The summed E-state index contributed by atoms with van der Waals surface area (Å²) < 4.78 is 26.3. The Hall–Kier alpha value is -2.76. The van der Waals surface area contributed by atoms with Gasteiger partial charge in [0, 0.05) is 30.8 Å². The Bertz CT molecular complexity index is 749. The van der Waals surface area contributed by atoms with Crippen molar-refractivity contribution in [1.82, 2.24) is 10.2 Å². The Kier molecular flexibility index (Phi) is 5.63. The van der Waals surface area contributed by atoms with Gasteiger partial charge in [-0.2, -0.15) is 0 Å². The maximum Gasteiger partial charge on any atom is 0.253 e. The summed E-state index contributed by atoms with van der Waals surface area (Å²) in [5, 5.41) is 2.65. The van der Waals surface area contributed by atoms with E-state index in [0.29, 0.717) is 0 Å². The summed E-state index contributed by atoms with van der Waals surface area (Å²) in [7, 11) is 1.58. The highest BCUT2D eigenvalue weighted by Crippen LogP contribution is 2.09. The lowest BCUT2D eigenvalue weighted by atomic mass is 10.1. The molecule has 2 aromatic carbocycles. The molecule has 0 aliphatic carbocycles. The van der Waals surface area contributed by atoms with Gasteiger partial charge in [0.25, 0.3) is 11.8 Å². The molecule has 0 heterocycles. The third-order valence-corrected chi connectivity index (χ3v) is 3.70. The van der Waals surface area contributed by atoms with E-state index in [1.165, 1.54) is 41.3 Å². The van der Waals surface area contributed by atoms with Crippen molar-refractivity contribution in [2.75, 3.05) is 13.6 Å². The highest BCUT2D eigenvalue weighted by molar-refractivity contribution is 5.95. The molecule has 2 amide bonds. The molecule has 0 spiro atoms. The van der Waals surface area contributed by atoms with Crippen LogP contribution in [-0.4, -0.2) is 36.3 Å². The Morgan fingerprint density at radius 3 is 2.17 bits per heavy atom. The molecule has 24 heavy (non-hydrogen) atoms. The van der Waals surface area contributed by atoms with E-state index in [1.807, 2.05) is 0 Å². The number of halogens is 2. The molecule has 0 fully saturated rings. The standard InChI is InChI=1S/C18H18F2N2O2/c1-12(11-21-17(23)13-5-3-7-15(19)9-13)22(2)18(24)14-6-4-8-16(20)10-14/h3-10,12H,11H2,1-2H3,(H,21,23)/t12-/m1/s1. The molecule has 6 heteroatoms. The number of amides is 2. The summed E-state index contributed by atoms with van der Waals surface area (Å²) in [5.41, 5.74) is 0.446. The minimum absolute atomic E-state index is 0.187. The van der Waals surface area contributed by atoms with Crippen LogP contribution < -0.4 is 5.32 Å². The fourth-order valence-electron chi connectivity index (χ4n) is 2.13. The molecule has 0 aliphatic rings. The molecule has 4 nitrogen and oxygen atoms in total. The third-order valence-electron chi connectivity index (χ3n) is 3.70. The van der Waals surface area contributed by atoms with Crippen molar-refractivity contribution in [1.29, 1.82) is 0 Å². The zero-order valence-electron chi connectivity index (χ0n) is 13.4. The quantitative estimate of drug-likeness (QED) is 0.915. The maximum atomic E-state index is 13.2. The van der Waals surface area contributed by atoms with Gasteiger partial charge in [0.05, 0.1) is 0 Å². The van der Waals surface area contributed by atoms with Gasteiger partial charge in [0.15, 0.2) is 0 Å². The lowest BCUT2D eigenvalue weighted by molar-refractivity contribution is 0.0731. The molecule has 0 saturated heterocycles. The molecule has 0 radical (unpaired) electrons. The normalized spacial score (nSPS) is 11.7. The molecule has 1 atom stereocenters. The Labute approximate surface area is 139 Å². The number of nitrogens with one attached hydrogen (secondary N) is 1. The van der Waals surface area contributed by atoms with Crippen LogP contribution in [0.3, 0.4) is 0 Å². The summed E-state index contributed by atoms with van der Waals surface area (Å²) in [5.74, 6) is -1.75. The van der Waals surface area contributed by atoms with E-state index in [1.54, 1.807) is 14.0 Å². The zero-order valence-corrected chi connectivity index (χ0v) is 13.4. The minimum atomic E-state index is -0.492. The van der Waals surface area contributed by atoms with E-state index in [-0.39, 0.29) is 29.6 Å². The van der Waals surface area contributed by atoms with Gasteiger partial charge in [0.1, 0.15) is 11.6 Å². The first-order chi connectivity index (χ1) is 11.4. The van der Waals surface area contributed by atoms with Crippen molar-refractivity contribution in [2.45, 2.75) is 13.0 Å². The second-order valence-corrected chi connectivity index (χ2v) is 5.50. The van der Waals surface area contributed by atoms with Gasteiger partial charge in [-0.3, -0.25) is 9.59 Å². The highest BCUT2D eigenvalue weighted by atomic mass is 19.1. The maximum absolute atomic E-state index is 13.2. The average molecular weight is 332 g/mol. The number of hydrogen-bond donors (Lipinski definition) is 1. The summed E-state index contributed by atoms with van der Waals surface area (Å²) in [4.78, 5) is 25.7. The molecule has 126 valence electrons. The van der Waals surface area contributed by atoms with Gasteiger partial charge in [0.2, 0.25) is 0 Å². The summed E-state index contributed by atoms with van der Waals surface area (Å²) >= 11 is 0. The number of carbonyl (C=O) groups is 2. The number of rotatable bonds is 5. The van der Waals surface area contributed by atoms with Gasteiger partial charge >= 0.3 is 0 Å². The van der Waals surface area contributed by atoms with Crippen molar-refractivity contribution >= 4 is 11.8 Å². The molecule has 2 aromatic rings. The fourth-order valence-corrected chi connectivity index (χ4v) is 2.13. The van der Waals surface area contributed by atoms with Crippen molar-refractivity contribution in [3.05, 3.63) is 71.3 Å². The van der Waals surface area contributed by atoms with Crippen LogP contribution >= 0.6 is 0 Å². The third kappa shape index (κ3) is 4.38. The predicted molar refractivity (Wildman–Crippen MR) is 86.7 cm³/mol. The van der Waals surface area contributed by atoms with E-state index < -0.39 is 17.5 Å². The predicted octanol–water partition coefficient (Wildman–Crippen LogP) is 2.86. The van der Waals surface area contributed by atoms with E-state index >= 15 is 0 Å². The molecule has 1 N–H and O–H groups in total. The van der Waals surface area contributed by atoms with Crippen LogP contribution in [0.25, 0.3) is 0 Å². The van der Waals surface area contributed by atoms with Crippen LogP contribution in [0.5, 0.6) is 0 Å². The van der Waals surface area contributed by atoms with Gasteiger partial charge < -0.3 is 10.2 Å². The summed E-state index contributed by atoms with van der Waals surface area (Å²) in [6, 6.07) is 10.5. The molecule has 0 aromatic heterocycles. The van der Waals surface area contributed by atoms with Crippen LogP contribution in [0.4, 0.5) is 8.78 Å².